The second-order valence-corrected chi connectivity index (χ2v) is 6.82. The van der Waals surface area contributed by atoms with Gasteiger partial charge in [0.05, 0.1) is 16.5 Å². The van der Waals surface area contributed by atoms with Crippen LogP contribution in [0.3, 0.4) is 0 Å². The smallest absolute Gasteiger partial charge is 0.270 e. The number of rotatable bonds is 5. The molecule has 0 radical (unpaired) electrons. The number of hydrogen-bond donors (Lipinski definition) is 1. The standard InChI is InChI=1S/C21H21N3O3/c25-24(26)18-9-10-19-16(13-18)8-11-20(23-19)22-14-17-7-4-12-27-21(17)15-5-2-1-3-6-15/h1-3,5-6,8-11,13,17,21H,4,7,12,14H2,(H,22,23)/t17-,21+/m1/s1. The molecule has 4 rings (SSSR count). The highest BCUT2D eigenvalue weighted by atomic mass is 16.6. The minimum Gasteiger partial charge on any atom is -0.373 e. The van der Waals surface area contributed by atoms with Gasteiger partial charge in [0.15, 0.2) is 0 Å². The normalized spacial score (nSPS) is 19.7. The average Bonchev–Trinajstić information content (AvgIpc) is 2.72. The van der Waals surface area contributed by atoms with Gasteiger partial charge in [0.1, 0.15) is 5.82 Å². The lowest BCUT2D eigenvalue weighted by atomic mass is 9.89. The molecule has 6 nitrogen and oxygen atoms in total. The van der Waals surface area contributed by atoms with E-state index >= 15 is 0 Å². The Morgan fingerprint density at radius 1 is 1.15 bits per heavy atom. The van der Waals surface area contributed by atoms with Crippen molar-refractivity contribution in [3.8, 4) is 0 Å². The molecule has 1 N–H and O–H groups in total. The summed E-state index contributed by atoms with van der Waals surface area (Å²) in [5.41, 5.74) is 2.03. The SMILES string of the molecule is O=[N+]([O-])c1ccc2nc(NC[C@H]3CCCO[C@H]3c3ccccc3)ccc2c1. The van der Waals surface area contributed by atoms with Crippen molar-refractivity contribution in [1.82, 2.24) is 4.98 Å². The van der Waals surface area contributed by atoms with Gasteiger partial charge in [-0.1, -0.05) is 30.3 Å². The fourth-order valence-corrected chi connectivity index (χ4v) is 3.62. The molecule has 0 bridgehead atoms. The number of nitrogens with one attached hydrogen (secondary N) is 1. The summed E-state index contributed by atoms with van der Waals surface area (Å²) in [6, 6.07) is 18.8. The number of benzene rings is 2. The first-order valence-corrected chi connectivity index (χ1v) is 9.16. The zero-order valence-electron chi connectivity index (χ0n) is 14.9. The minimum absolute atomic E-state index is 0.0788. The van der Waals surface area contributed by atoms with Gasteiger partial charge >= 0.3 is 0 Å². The number of aromatic nitrogens is 1. The van der Waals surface area contributed by atoms with E-state index in [2.05, 4.69) is 22.4 Å². The maximum atomic E-state index is 10.9. The summed E-state index contributed by atoms with van der Waals surface area (Å²) in [4.78, 5) is 15.1. The third-order valence-corrected chi connectivity index (χ3v) is 5.00. The fourth-order valence-electron chi connectivity index (χ4n) is 3.62. The zero-order valence-corrected chi connectivity index (χ0v) is 14.9. The Hall–Kier alpha value is -2.99. The molecule has 1 saturated heterocycles. The molecule has 2 aromatic carbocycles. The Morgan fingerprint density at radius 2 is 2.00 bits per heavy atom. The highest BCUT2D eigenvalue weighted by Gasteiger charge is 2.27. The molecular formula is C21H21N3O3. The molecule has 0 amide bonds. The van der Waals surface area contributed by atoms with E-state index in [1.54, 1.807) is 12.1 Å². The first-order valence-electron chi connectivity index (χ1n) is 9.16. The van der Waals surface area contributed by atoms with Gasteiger partial charge in [0, 0.05) is 36.6 Å². The summed E-state index contributed by atoms with van der Waals surface area (Å²) >= 11 is 0. The van der Waals surface area contributed by atoms with Crippen molar-refractivity contribution in [3.05, 3.63) is 76.3 Å². The summed E-state index contributed by atoms with van der Waals surface area (Å²) in [5.74, 6) is 1.14. The Bertz CT molecular complexity index is 946. The first kappa shape index (κ1) is 17.4. The van der Waals surface area contributed by atoms with Crippen molar-refractivity contribution in [1.29, 1.82) is 0 Å². The van der Waals surface area contributed by atoms with Crippen LogP contribution in [0.1, 0.15) is 24.5 Å². The lowest BCUT2D eigenvalue weighted by molar-refractivity contribution is -0.384. The number of nitro groups is 1. The van der Waals surface area contributed by atoms with E-state index in [9.17, 15) is 10.1 Å². The molecule has 1 aliphatic rings. The van der Waals surface area contributed by atoms with Crippen LogP contribution in [0.5, 0.6) is 0 Å². The molecule has 0 aliphatic carbocycles. The van der Waals surface area contributed by atoms with Crippen LogP contribution in [0, 0.1) is 16.0 Å². The van der Waals surface area contributed by atoms with Gasteiger partial charge in [0.2, 0.25) is 0 Å². The molecule has 0 unspecified atom stereocenters. The van der Waals surface area contributed by atoms with Crippen LogP contribution in [0.15, 0.2) is 60.7 Å². The van der Waals surface area contributed by atoms with E-state index in [1.165, 1.54) is 11.6 Å². The van der Waals surface area contributed by atoms with E-state index < -0.39 is 4.92 Å². The van der Waals surface area contributed by atoms with Crippen LogP contribution >= 0.6 is 0 Å². The first-order chi connectivity index (χ1) is 13.2. The molecule has 1 aromatic heterocycles. The molecule has 2 atom stereocenters. The molecular weight excluding hydrogens is 342 g/mol. The Labute approximate surface area is 157 Å². The van der Waals surface area contributed by atoms with E-state index in [4.69, 9.17) is 4.74 Å². The number of hydrogen-bond acceptors (Lipinski definition) is 5. The minimum atomic E-state index is -0.390. The number of pyridine rings is 1. The van der Waals surface area contributed by atoms with Gasteiger partial charge in [-0.25, -0.2) is 4.98 Å². The summed E-state index contributed by atoms with van der Waals surface area (Å²) < 4.78 is 6.05. The van der Waals surface area contributed by atoms with E-state index in [-0.39, 0.29) is 11.8 Å². The van der Waals surface area contributed by atoms with Gasteiger partial charge in [-0.2, -0.15) is 0 Å². The molecule has 1 fully saturated rings. The monoisotopic (exact) mass is 363 g/mol. The van der Waals surface area contributed by atoms with Crippen molar-refractivity contribution < 1.29 is 9.66 Å². The summed E-state index contributed by atoms with van der Waals surface area (Å²) in [7, 11) is 0. The van der Waals surface area contributed by atoms with Crippen molar-refractivity contribution >= 4 is 22.4 Å². The van der Waals surface area contributed by atoms with E-state index in [0.717, 1.165) is 42.7 Å². The lowest BCUT2D eigenvalue weighted by Gasteiger charge is -2.32. The molecule has 1 aliphatic heterocycles. The van der Waals surface area contributed by atoms with Gasteiger partial charge < -0.3 is 10.1 Å². The summed E-state index contributed by atoms with van der Waals surface area (Å²) in [6.45, 7) is 1.56. The number of nitrogens with zero attached hydrogens (tertiary/aromatic N) is 2. The highest BCUT2D eigenvalue weighted by Crippen LogP contribution is 2.33. The molecule has 2 heterocycles. The second kappa shape index (κ2) is 7.72. The average molecular weight is 363 g/mol. The summed E-state index contributed by atoms with van der Waals surface area (Å²) in [6.07, 6.45) is 2.26. The third kappa shape index (κ3) is 3.90. The lowest BCUT2D eigenvalue weighted by Crippen LogP contribution is -2.28. The molecule has 27 heavy (non-hydrogen) atoms. The van der Waals surface area contributed by atoms with E-state index in [1.807, 2.05) is 30.3 Å². The molecule has 0 saturated carbocycles. The van der Waals surface area contributed by atoms with Gasteiger partial charge in [0.25, 0.3) is 5.69 Å². The molecule has 3 aromatic rings. The Morgan fingerprint density at radius 3 is 2.81 bits per heavy atom. The quantitative estimate of drug-likeness (QED) is 0.524. The predicted molar refractivity (Wildman–Crippen MR) is 105 cm³/mol. The van der Waals surface area contributed by atoms with Gasteiger partial charge in [-0.05, 0) is 36.6 Å². The number of fused-ring (bicyclic) bond motifs is 1. The number of non-ortho nitro benzene ring substituents is 1. The van der Waals surface area contributed by atoms with E-state index in [0.29, 0.717) is 5.92 Å². The molecule has 138 valence electrons. The molecule has 0 spiro atoms. The Balaban J connectivity index is 1.48. The van der Waals surface area contributed by atoms with Crippen LogP contribution in [-0.4, -0.2) is 23.1 Å². The summed E-state index contributed by atoms with van der Waals surface area (Å²) in [5, 5.41) is 15.1. The van der Waals surface area contributed by atoms with Crippen LogP contribution in [0.4, 0.5) is 11.5 Å². The predicted octanol–water partition coefficient (Wildman–Crippen LogP) is 4.72. The third-order valence-electron chi connectivity index (χ3n) is 5.00. The number of nitro benzene ring substituents is 1. The number of ether oxygens (including phenoxy) is 1. The Kier molecular flexibility index (Phi) is 4.98. The second-order valence-electron chi connectivity index (χ2n) is 6.82. The zero-order chi connectivity index (χ0) is 18.6. The fraction of sp³-hybridized carbons (Fsp3) is 0.286. The van der Waals surface area contributed by atoms with Crippen molar-refractivity contribution in [2.45, 2.75) is 18.9 Å². The molecule has 6 heteroatoms. The van der Waals surface area contributed by atoms with Crippen LogP contribution in [0.25, 0.3) is 10.9 Å². The topological polar surface area (TPSA) is 77.3 Å². The van der Waals surface area contributed by atoms with Crippen LogP contribution in [0.2, 0.25) is 0 Å². The van der Waals surface area contributed by atoms with Crippen LogP contribution in [-0.2, 0) is 4.74 Å². The van der Waals surface area contributed by atoms with Gasteiger partial charge in [-0.3, -0.25) is 10.1 Å². The maximum Gasteiger partial charge on any atom is 0.270 e. The number of anilines is 1. The largest absolute Gasteiger partial charge is 0.373 e. The van der Waals surface area contributed by atoms with Crippen molar-refractivity contribution in [2.24, 2.45) is 5.92 Å². The van der Waals surface area contributed by atoms with Crippen molar-refractivity contribution in [2.75, 3.05) is 18.5 Å². The maximum absolute atomic E-state index is 10.9. The van der Waals surface area contributed by atoms with Crippen LogP contribution < -0.4 is 5.32 Å². The van der Waals surface area contributed by atoms with Crippen molar-refractivity contribution in [3.63, 3.8) is 0 Å². The highest BCUT2D eigenvalue weighted by molar-refractivity contribution is 5.82. The van der Waals surface area contributed by atoms with Gasteiger partial charge in [-0.15, -0.1) is 0 Å².